The molecule has 0 bridgehead atoms. The number of hydrogen-bond donors (Lipinski definition) is 1. The van der Waals surface area contributed by atoms with Crippen molar-refractivity contribution in [2.45, 2.75) is 26.7 Å². The van der Waals surface area contributed by atoms with E-state index in [0.29, 0.717) is 5.69 Å². The zero-order valence-electron chi connectivity index (χ0n) is 9.68. The summed E-state index contributed by atoms with van der Waals surface area (Å²) in [6.45, 7) is 6.13. The fraction of sp³-hybridized carbons (Fsp3) is 0.364. The molecule has 2 rings (SSSR count). The number of nitrogens with two attached hydrogens (primary N) is 1. The van der Waals surface area contributed by atoms with Crippen LogP contribution in [0.1, 0.15) is 31.2 Å². The standard InChI is InChI=1S/C11H15N5/c1-7(2)11-13-14-15-16(11)10-6-9(12)5-4-8(10)3/h4-7H,12H2,1-3H3. The highest BCUT2D eigenvalue weighted by atomic mass is 15.5. The van der Waals surface area contributed by atoms with E-state index in [4.69, 9.17) is 5.73 Å². The van der Waals surface area contributed by atoms with Crippen molar-refractivity contribution in [3.05, 3.63) is 29.6 Å². The van der Waals surface area contributed by atoms with Gasteiger partial charge in [-0.15, -0.1) is 5.10 Å². The van der Waals surface area contributed by atoms with E-state index in [0.717, 1.165) is 17.1 Å². The van der Waals surface area contributed by atoms with Gasteiger partial charge in [0.2, 0.25) is 0 Å². The molecule has 0 saturated heterocycles. The maximum Gasteiger partial charge on any atom is 0.159 e. The van der Waals surface area contributed by atoms with Crippen molar-refractivity contribution in [2.75, 3.05) is 5.73 Å². The lowest BCUT2D eigenvalue weighted by Gasteiger charge is -2.10. The Morgan fingerprint density at radius 1 is 1.31 bits per heavy atom. The van der Waals surface area contributed by atoms with Gasteiger partial charge in [-0.3, -0.25) is 0 Å². The van der Waals surface area contributed by atoms with Crippen molar-refractivity contribution < 1.29 is 0 Å². The molecule has 0 aliphatic carbocycles. The molecule has 0 fully saturated rings. The van der Waals surface area contributed by atoms with Gasteiger partial charge in [0.25, 0.3) is 0 Å². The second kappa shape index (κ2) is 3.92. The van der Waals surface area contributed by atoms with E-state index < -0.39 is 0 Å². The molecule has 5 heteroatoms. The summed E-state index contributed by atoms with van der Waals surface area (Å²) >= 11 is 0. The van der Waals surface area contributed by atoms with Crippen molar-refractivity contribution in [1.82, 2.24) is 20.2 Å². The number of aromatic nitrogens is 4. The van der Waals surface area contributed by atoms with Crippen LogP contribution in [0.5, 0.6) is 0 Å². The topological polar surface area (TPSA) is 69.6 Å². The normalized spacial score (nSPS) is 11.0. The van der Waals surface area contributed by atoms with Crippen molar-refractivity contribution in [1.29, 1.82) is 0 Å². The monoisotopic (exact) mass is 217 g/mol. The second-order valence-corrected chi connectivity index (χ2v) is 4.15. The quantitative estimate of drug-likeness (QED) is 0.777. The summed E-state index contributed by atoms with van der Waals surface area (Å²) in [7, 11) is 0. The maximum atomic E-state index is 5.78. The van der Waals surface area contributed by atoms with Gasteiger partial charge in [-0.2, -0.15) is 4.68 Å². The number of rotatable bonds is 2. The van der Waals surface area contributed by atoms with Crippen LogP contribution in [0, 0.1) is 6.92 Å². The van der Waals surface area contributed by atoms with E-state index in [9.17, 15) is 0 Å². The molecule has 1 aromatic heterocycles. The van der Waals surface area contributed by atoms with Crippen LogP contribution in [0.2, 0.25) is 0 Å². The van der Waals surface area contributed by atoms with Crippen LogP contribution < -0.4 is 5.73 Å². The molecular formula is C11H15N5. The van der Waals surface area contributed by atoms with Crippen molar-refractivity contribution in [2.24, 2.45) is 0 Å². The van der Waals surface area contributed by atoms with Gasteiger partial charge in [0.1, 0.15) is 0 Å². The van der Waals surface area contributed by atoms with Crippen LogP contribution in [0.25, 0.3) is 5.69 Å². The van der Waals surface area contributed by atoms with Gasteiger partial charge in [0, 0.05) is 11.6 Å². The number of benzene rings is 1. The third-order valence-corrected chi connectivity index (χ3v) is 2.47. The number of nitrogen functional groups attached to an aromatic ring is 1. The van der Waals surface area contributed by atoms with E-state index in [-0.39, 0.29) is 5.92 Å². The Kier molecular flexibility index (Phi) is 2.60. The SMILES string of the molecule is Cc1ccc(N)cc1-n1nnnc1C(C)C. The lowest BCUT2D eigenvalue weighted by atomic mass is 10.1. The summed E-state index contributed by atoms with van der Waals surface area (Å²) in [6.07, 6.45) is 0. The Labute approximate surface area is 94.3 Å². The third kappa shape index (κ3) is 1.76. The summed E-state index contributed by atoms with van der Waals surface area (Å²) in [5.41, 5.74) is 8.53. The molecular weight excluding hydrogens is 202 g/mol. The predicted molar refractivity (Wildman–Crippen MR) is 62.4 cm³/mol. The van der Waals surface area contributed by atoms with Gasteiger partial charge in [0.05, 0.1) is 5.69 Å². The predicted octanol–water partition coefficient (Wildman–Crippen LogP) is 1.68. The smallest absolute Gasteiger partial charge is 0.159 e. The highest BCUT2D eigenvalue weighted by Gasteiger charge is 2.13. The van der Waals surface area contributed by atoms with Crippen LogP contribution in [0.15, 0.2) is 18.2 Å². The van der Waals surface area contributed by atoms with Gasteiger partial charge in [0.15, 0.2) is 5.82 Å². The molecule has 84 valence electrons. The molecule has 0 atom stereocenters. The first-order valence-corrected chi connectivity index (χ1v) is 5.24. The summed E-state index contributed by atoms with van der Waals surface area (Å²) in [6, 6.07) is 5.73. The molecule has 5 nitrogen and oxygen atoms in total. The molecule has 2 N–H and O–H groups in total. The maximum absolute atomic E-state index is 5.78. The Bertz CT molecular complexity index is 501. The Balaban J connectivity index is 2.58. The van der Waals surface area contributed by atoms with Crippen molar-refractivity contribution in [3.8, 4) is 5.69 Å². The Hall–Kier alpha value is -1.91. The fourth-order valence-electron chi connectivity index (χ4n) is 1.58. The molecule has 0 spiro atoms. The molecule has 0 amide bonds. The fourth-order valence-corrected chi connectivity index (χ4v) is 1.58. The average molecular weight is 217 g/mol. The molecule has 0 aliphatic heterocycles. The minimum absolute atomic E-state index is 0.274. The second-order valence-electron chi connectivity index (χ2n) is 4.15. The lowest BCUT2D eigenvalue weighted by Crippen LogP contribution is -2.07. The molecule has 16 heavy (non-hydrogen) atoms. The first-order chi connectivity index (χ1) is 7.59. The Morgan fingerprint density at radius 3 is 2.75 bits per heavy atom. The Morgan fingerprint density at radius 2 is 2.06 bits per heavy atom. The largest absolute Gasteiger partial charge is 0.399 e. The van der Waals surface area contributed by atoms with Gasteiger partial charge >= 0.3 is 0 Å². The van der Waals surface area contributed by atoms with Gasteiger partial charge < -0.3 is 5.73 Å². The minimum atomic E-state index is 0.274. The first kappa shape index (κ1) is 10.6. The zero-order valence-corrected chi connectivity index (χ0v) is 9.68. The number of tetrazole rings is 1. The van der Waals surface area contributed by atoms with Crippen LogP contribution in [-0.4, -0.2) is 20.2 Å². The van der Waals surface area contributed by atoms with E-state index in [1.807, 2.05) is 25.1 Å². The number of aryl methyl sites for hydroxylation is 1. The molecule has 0 saturated carbocycles. The highest BCUT2D eigenvalue weighted by Crippen LogP contribution is 2.20. The first-order valence-electron chi connectivity index (χ1n) is 5.24. The van der Waals surface area contributed by atoms with E-state index in [1.165, 1.54) is 0 Å². The van der Waals surface area contributed by atoms with Gasteiger partial charge in [-0.05, 0) is 35.0 Å². The molecule has 1 heterocycles. The number of hydrogen-bond acceptors (Lipinski definition) is 4. The van der Waals surface area contributed by atoms with Crippen molar-refractivity contribution >= 4 is 5.69 Å². The van der Waals surface area contributed by atoms with Crippen molar-refractivity contribution in [3.63, 3.8) is 0 Å². The molecule has 0 radical (unpaired) electrons. The number of nitrogens with zero attached hydrogens (tertiary/aromatic N) is 4. The summed E-state index contributed by atoms with van der Waals surface area (Å²) in [4.78, 5) is 0. The average Bonchev–Trinajstić information content (AvgIpc) is 2.70. The zero-order chi connectivity index (χ0) is 11.7. The van der Waals surface area contributed by atoms with Gasteiger partial charge in [-0.25, -0.2) is 0 Å². The molecule has 0 aliphatic rings. The summed E-state index contributed by atoms with van der Waals surface area (Å²) < 4.78 is 1.75. The van der Waals surface area contributed by atoms with Crippen LogP contribution >= 0.6 is 0 Å². The molecule has 1 aromatic carbocycles. The minimum Gasteiger partial charge on any atom is -0.399 e. The van der Waals surface area contributed by atoms with Crippen LogP contribution in [0.4, 0.5) is 5.69 Å². The molecule has 0 unspecified atom stereocenters. The van der Waals surface area contributed by atoms with E-state index in [2.05, 4.69) is 29.4 Å². The lowest BCUT2D eigenvalue weighted by molar-refractivity contribution is 0.707. The summed E-state index contributed by atoms with van der Waals surface area (Å²) in [5, 5.41) is 11.7. The molecule has 2 aromatic rings. The van der Waals surface area contributed by atoms with Gasteiger partial charge in [-0.1, -0.05) is 19.9 Å². The van der Waals surface area contributed by atoms with E-state index in [1.54, 1.807) is 4.68 Å². The van der Waals surface area contributed by atoms with E-state index >= 15 is 0 Å². The third-order valence-electron chi connectivity index (χ3n) is 2.47. The van der Waals surface area contributed by atoms with Crippen LogP contribution in [-0.2, 0) is 0 Å². The number of anilines is 1. The van der Waals surface area contributed by atoms with Crippen LogP contribution in [0.3, 0.4) is 0 Å². The highest BCUT2D eigenvalue weighted by molar-refractivity contribution is 5.52. The summed E-state index contributed by atoms with van der Waals surface area (Å²) in [5.74, 6) is 1.12.